The van der Waals surface area contributed by atoms with Crippen LogP contribution in [0.5, 0.6) is 0 Å². The van der Waals surface area contributed by atoms with Crippen LogP contribution in [-0.2, 0) is 24.4 Å². The van der Waals surface area contributed by atoms with Crippen molar-refractivity contribution in [3.63, 3.8) is 0 Å². The molecule has 7 nitrogen and oxygen atoms in total. The summed E-state index contributed by atoms with van der Waals surface area (Å²) < 4.78 is 10.2. The number of hydrogen-bond donors (Lipinski definition) is 0. The first-order valence-electron chi connectivity index (χ1n) is 9.07. The highest BCUT2D eigenvalue weighted by Crippen LogP contribution is 2.21. The first-order chi connectivity index (χ1) is 13.2. The summed E-state index contributed by atoms with van der Waals surface area (Å²) in [5, 5.41) is 12.8. The summed E-state index contributed by atoms with van der Waals surface area (Å²) >= 11 is 3.28. The molecule has 144 valence electrons. The molecule has 1 saturated heterocycles. The summed E-state index contributed by atoms with van der Waals surface area (Å²) in [6.07, 6.45) is 8.48. The molecule has 1 aliphatic rings. The van der Waals surface area contributed by atoms with Crippen LogP contribution in [0, 0.1) is 0 Å². The van der Waals surface area contributed by atoms with Gasteiger partial charge in [-0.25, -0.2) is 4.98 Å². The summed E-state index contributed by atoms with van der Waals surface area (Å²) in [7, 11) is 2.11. The van der Waals surface area contributed by atoms with E-state index in [0.29, 0.717) is 0 Å². The summed E-state index contributed by atoms with van der Waals surface area (Å²) in [6.45, 7) is 3.25. The van der Waals surface area contributed by atoms with E-state index in [4.69, 9.17) is 4.74 Å². The first-order valence-corrected chi connectivity index (χ1v) is 11.2. The zero-order valence-corrected chi connectivity index (χ0v) is 17.2. The molecule has 0 aromatic carbocycles. The van der Waals surface area contributed by atoms with Crippen LogP contribution >= 0.6 is 23.1 Å². The summed E-state index contributed by atoms with van der Waals surface area (Å²) in [6, 6.07) is 4.21. The Morgan fingerprint density at radius 1 is 1.37 bits per heavy atom. The summed E-state index contributed by atoms with van der Waals surface area (Å²) in [5.74, 6) is 0.990. The highest BCUT2D eigenvalue weighted by Gasteiger charge is 2.21. The van der Waals surface area contributed by atoms with Gasteiger partial charge in [0.25, 0.3) is 0 Å². The summed E-state index contributed by atoms with van der Waals surface area (Å²) in [5.41, 5.74) is 1.21. The van der Waals surface area contributed by atoms with Crippen LogP contribution < -0.4 is 0 Å². The van der Waals surface area contributed by atoms with E-state index in [0.717, 1.165) is 55.2 Å². The van der Waals surface area contributed by atoms with Gasteiger partial charge in [0.15, 0.2) is 10.3 Å². The van der Waals surface area contributed by atoms with Crippen LogP contribution in [0.1, 0.15) is 24.4 Å². The Kier molecular flexibility index (Phi) is 5.92. The van der Waals surface area contributed by atoms with Crippen molar-refractivity contribution in [1.82, 2.24) is 29.2 Å². The van der Waals surface area contributed by atoms with Crippen molar-refractivity contribution in [2.45, 2.75) is 43.7 Å². The molecule has 1 aliphatic heterocycles. The van der Waals surface area contributed by atoms with Gasteiger partial charge in [-0.1, -0.05) is 11.8 Å². The quantitative estimate of drug-likeness (QED) is 0.538. The lowest BCUT2D eigenvalue weighted by atomic mass is 10.2. The van der Waals surface area contributed by atoms with Crippen LogP contribution in [0.2, 0.25) is 0 Å². The molecule has 1 atom stereocenters. The van der Waals surface area contributed by atoms with E-state index in [1.807, 2.05) is 17.8 Å². The van der Waals surface area contributed by atoms with Crippen LogP contribution in [0.3, 0.4) is 0 Å². The number of nitrogens with zero attached hydrogens (tertiary/aromatic N) is 6. The third kappa shape index (κ3) is 4.26. The number of hydrogen-bond acceptors (Lipinski definition) is 7. The summed E-state index contributed by atoms with van der Waals surface area (Å²) in [4.78, 5) is 6.68. The van der Waals surface area contributed by atoms with Gasteiger partial charge in [0, 0.05) is 36.6 Å². The molecule has 0 saturated carbocycles. The van der Waals surface area contributed by atoms with Crippen molar-refractivity contribution < 1.29 is 4.74 Å². The second-order valence-corrected chi connectivity index (χ2v) is 8.35. The Morgan fingerprint density at radius 2 is 2.30 bits per heavy atom. The Morgan fingerprint density at radius 3 is 3.04 bits per heavy atom. The molecule has 9 heteroatoms. The number of ether oxygens (including phenoxy) is 1. The molecule has 0 radical (unpaired) electrons. The largest absolute Gasteiger partial charge is 0.376 e. The van der Waals surface area contributed by atoms with Crippen molar-refractivity contribution in [1.29, 1.82) is 0 Å². The zero-order valence-electron chi connectivity index (χ0n) is 15.6. The fourth-order valence-electron chi connectivity index (χ4n) is 3.40. The molecule has 3 aromatic heterocycles. The van der Waals surface area contributed by atoms with Crippen molar-refractivity contribution in [2.75, 3.05) is 19.9 Å². The second kappa shape index (κ2) is 8.55. The number of rotatable bonds is 8. The molecule has 0 amide bonds. The second-order valence-electron chi connectivity index (χ2n) is 6.71. The zero-order chi connectivity index (χ0) is 18.6. The van der Waals surface area contributed by atoms with Crippen LogP contribution in [0.4, 0.5) is 0 Å². The first kappa shape index (κ1) is 18.7. The molecule has 0 unspecified atom stereocenters. The topological polar surface area (TPSA) is 61.0 Å². The Balaban J connectivity index is 1.46. The molecule has 0 N–H and O–H groups in total. The predicted molar refractivity (Wildman–Crippen MR) is 107 cm³/mol. The van der Waals surface area contributed by atoms with Gasteiger partial charge in [0.2, 0.25) is 0 Å². The lowest BCUT2D eigenvalue weighted by Crippen LogP contribution is -2.24. The highest BCUT2D eigenvalue weighted by molar-refractivity contribution is 7.98. The maximum Gasteiger partial charge on any atom is 0.193 e. The molecular weight excluding hydrogens is 380 g/mol. The van der Waals surface area contributed by atoms with Gasteiger partial charge in [-0.05, 0) is 38.3 Å². The monoisotopic (exact) mass is 404 g/mol. The third-order valence-corrected chi connectivity index (χ3v) is 6.13. The average Bonchev–Trinajstić information content (AvgIpc) is 3.44. The minimum Gasteiger partial charge on any atom is -0.376 e. The predicted octanol–water partition coefficient (Wildman–Crippen LogP) is 3.06. The molecule has 0 aliphatic carbocycles. The van der Waals surface area contributed by atoms with Crippen molar-refractivity contribution >= 4 is 23.1 Å². The molecule has 0 bridgehead atoms. The molecule has 0 spiro atoms. The van der Waals surface area contributed by atoms with E-state index in [-0.39, 0.29) is 6.10 Å². The molecular formula is C18H24N6OS2. The van der Waals surface area contributed by atoms with Crippen molar-refractivity contribution in [2.24, 2.45) is 0 Å². The van der Waals surface area contributed by atoms with Gasteiger partial charge in [0.1, 0.15) is 5.82 Å². The molecule has 4 heterocycles. The van der Waals surface area contributed by atoms with Gasteiger partial charge < -0.3 is 9.30 Å². The van der Waals surface area contributed by atoms with E-state index >= 15 is 0 Å². The maximum atomic E-state index is 5.82. The normalized spacial score (nSPS) is 17.2. The van der Waals surface area contributed by atoms with E-state index < -0.39 is 0 Å². The average molecular weight is 405 g/mol. The maximum absolute atomic E-state index is 5.82. The minimum absolute atomic E-state index is 0.276. The van der Waals surface area contributed by atoms with E-state index in [1.54, 1.807) is 23.1 Å². The number of thiazole rings is 1. The van der Waals surface area contributed by atoms with E-state index in [2.05, 4.69) is 54.6 Å². The van der Waals surface area contributed by atoms with Gasteiger partial charge in [-0.2, -0.15) is 0 Å². The lowest BCUT2D eigenvalue weighted by molar-refractivity contribution is 0.0934. The standard InChI is InChI=1S/C18H24N6OS2/c1-22(11-14-5-3-8-23(14)17-19-7-10-27-17)13-16-20-21-18(26-2)24(16)12-15-6-4-9-25-15/h3,5,7-8,10,15H,4,6,9,11-13H2,1-2H3/t15-/m1/s1. The van der Waals surface area contributed by atoms with Gasteiger partial charge in [-0.3, -0.25) is 9.47 Å². The smallest absolute Gasteiger partial charge is 0.193 e. The molecule has 27 heavy (non-hydrogen) atoms. The van der Waals surface area contributed by atoms with E-state index in [1.165, 1.54) is 5.69 Å². The highest BCUT2D eigenvalue weighted by atomic mass is 32.2. The molecule has 3 aromatic rings. The SMILES string of the molecule is CSc1nnc(CN(C)Cc2cccn2-c2nccs2)n1C[C@H]1CCCO1. The number of aromatic nitrogens is 5. The molecule has 4 rings (SSSR count). The van der Waals surface area contributed by atoms with Gasteiger partial charge in [-0.15, -0.1) is 21.5 Å². The Hall–Kier alpha value is -1.68. The van der Waals surface area contributed by atoms with Gasteiger partial charge in [0.05, 0.1) is 19.2 Å². The molecule has 1 fully saturated rings. The lowest BCUT2D eigenvalue weighted by Gasteiger charge is -2.19. The Labute approximate surface area is 167 Å². The van der Waals surface area contributed by atoms with Crippen LogP contribution in [0.25, 0.3) is 5.13 Å². The van der Waals surface area contributed by atoms with Gasteiger partial charge >= 0.3 is 0 Å². The van der Waals surface area contributed by atoms with Crippen LogP contribution in [-0.4, -0.2) is 55.2 Å². The Bertz CT molecular complexity index is 853. The number of thioether (sulfide) groups is 1. The van der Waals surface area contributed by atoms with Crippen molar-refractivity contribution in [3.8, 4) is 5.13 Å². The van der Waals surface area contributed by atoms with E-state index in [9.17, 15) is 0 Å². The fourth-order valence-corrected chi connectivity index (χ4v) is 4.58. The third-order valence-electron chi connectivity index (χ3n) is 4.69. The van der Waals surface area contributed by atoms with Crippen LogP contribution in [0.15, 0.2) is 35.1 Å². The minimum atomic E-state index is 0.276. The van der Waals surface area contributed by atoms with Crippen molar-refractivity contribution in [3.05, 3.63) is 41.4 Å². The fraction of sp³-hybridized carbons (Fsp3) is 0.500.